The molecule has 1 aromatic heterocycles. The number of carbonyl (C=O) groups is 2. The summed E-state index contributed by atoms with van der Waals surface area (Å²) in [6, 6.07) is 15.2. The second-order valence-corrected chi connectivity index (χ2v) is 10.2. The third-order valence-electron chi connectivity index (χ3n) is 6.94. The smallest absolute Gasteiger partial charge is 0.336 e. The number of esters is 2. The fraction of sp³-hybridized carbons (Fsp3) is 0.367. The molecule has 3 atom stereocenters. The molecule has 206 valence electrons. The second-order valence-electron chi connectivity index (χ2n) is 9.31. The number of thiazole rings is 1. The molecule has 3 unspecified atom stereocenters. The maximum atomic E-state index is 13.7. The predicted molar refractivity (Wildman–Crippen MR) is 150 cm³/mol. The highest BCUT2D eigenvalue weighted by molar-refractivity contribution is 7.10. The molecule has 0 amide bonds. The number of ether oxygens (including phenoxy) is 4. The number of methoxy groups -OCH3 is 2. The maximum Gasteiger partial charge on any atom is 0.336 e. The lowest BCUT2D eigenvalue weighted by Gasteiger charge is -2.45. The van der Waals surface area contributed by atoms with Gasteiger partial charge in [0.1, 0.15) is 10.5 Å². The fourth-order valence-corrected chi connectivity index (χ4v) is 6.19. The van der Waals surface area contributed by atoms with Crippen molar-refractivity contribution in [3.63, 3.8) is 0 Å². The Bertz CT molecular complexity index is 1370. The van der Waals surface area contributed by atoms with Crippen molar-refractivity contribution in [1.82, 2.24) is 10.3 Å². The molecule has 1 aliphatic heterocycles. The Balaban J connectivity index is 1.88. The topological polar surface area (TPSA) is 96.0 Å². The normalized spacial score (nSPS) is 20.7. The van der Waals surface area contributed by atoms with E-state index in [0.29, 0.717) is 27.8 Å². The summed E-state index contributed by atoms with van der Waals surface area (Å²) in [4.78, 5) is 32.0. The van der Waals surface area contributed by atoms with Crippen LogP contribution in [0.4, 0.5) is 0 Å². The second kappa shape index (κ2) is 11.9. The van der Waals surface area contributed by atoms with Crippen molar-refractivity contribution in [1.29, 1.82) is 0 Å². The lowest BCUT2D eigenvalue weighted by atomic mass is 9.67. The molecule has 3 aromatic rings. The lowest BCUT2D eigenvalue weighted by molar-refractivity contribution is -0.152. The molecule has 1 aliphatic rings. The minimum absolute atomic E-state index is 0.207. The van der Waals surface area contributed by atoms with Crippen LogP contribution in [0.5, 0.6) is 11.5 Å². The molecule has 2 heterocycles. The van der Waals surface area contributed by atoms with Crippen LogP contribution in [-0.4, -0.2) is 44.4 Å². The van der Waals surface area contributed by atoms with Gasteiger partial charge in [-0.15, -0.1) is 11.3 Å². The van der Waals surface area contributed by atoms with Crippen molar-refractivity contribution in [3.8, 4) is 22.8 Å². The third kappa shape index (κ3) is 5.36. The van der Waals surface area contributed by atoms with Gasteiger partial charge in [-0.1, -0.05) is 30.3 Å². The Hall–Kier alpha value is -3.85. The number of benzene rings is 2. The summed E-state index contributed by atoms with van der Waals surface area (Å²) >= 11 is 1.44. The number of hydrogen-bond acceptors (Lipinski definition) is 9. The number of aromatic nitrogens is 1. The highest BCUT2D eigenvalue weighted by Gasteiger charge is 2.54. The summed E-state index contributed by atoms with van der Waals surface area (Å²) in [7, 11) is 3.18. The number of nitrogens with one attached hydrogen (secondary N) is 1. The zero-order valence-electron chi connectivity index (χ0n) is 23.1. The number of allylic oxidation sites excluding steroid dienone is 1. The molecular formula is C30H34N2O6S. The highest BCUT2D eigenvalue weighted by Crippen LogP contribution is 2.49. The number of hydrogen-bond donors (Lipinski definition) is 1. The highest BCUT2D eigenvalue weighted by atomic mass is 32.1. The molecule has 0 fully saturated rings. The third-order valence-corrected chi connectivity index (χ3v) is 8.02. The van der Waals surface area contributed by atoms with E-state index in [4.69, 9.17) is 23.9 Å². The van der Waals surface area contributed by atoms with E-state index in [1.807, 2.05) is 67.8 Å². The quantitative estimate of drug-likeness (QED) is 0.352. The van der Waals surface area contributed by atoms with Crippen LogP contribution in [0.25, 0.3) is 11.3 Å². The van der Waals surface area contributed by atoms with Crippen molar-refractivity contribution >= 4 is 23.3 Å². The van der Waals surface area contributed by atoms with Crippen molar-refractivity contribution in [2.45, 2.75) is 39.2 Å². The van der Waals surface area contributed by atoms with Gasteiger partial charge in [0.05, 0.1) is 44.6 Å². The largest absolute Gasteiger partial charge is 0.493 e. The number of rotatable bonds is 9. The Morgan fingerprint density at radius 3 is 2.33 bits per heavy atom. The van der Waals surface area contributed by atoms with Gasteiger partial charge in [-0.3, -0.25) is 4.79 Å². The first-order valence-electron chi connectivity index (χ1n) is 12.8. The van der Waals surface area contributed by atoms with Crippen LogP contribution >= 0.6 is 11.3 Å². The van der Waals surface area contributed by atoms with E-state index in [-0.39, 0.29) is 13.2 Å². The Kier molecular flexibility index (Phi) is 8.60. The van der Waals surface area contributed by atoms with Gasteiger partial charge in [-0.2, -0.15) is 0 Å². The molecular weight excluding hydrogens is 516 g/mol. The number of carbonyl (C=O) groups excluding carboxylic acids is 2. The SMILES string of the molecule is CCOC(=O)C1=C(C)NC(C)(c2nc(-c3ccc(OC)c(OC)c3)cs2)C(C(=O)OCC)C1c1ccccc1. The summed E-state index contributed by atoms with van der Waals surface area (Å²) in [6.45, 7) is 7.74. The van der Waals surface area contributed by atoms with Gasteiger partial charge < -0.3 is 24.3 Å². The van der Waals surface area contributed by atoms with E-state index in [2.05, 4.69) is 5.32 Å². The summed E-state index contributed by atoms with van der Waals surface area (Å²) in [6.07, 6.45) is 0. The molecule has 0 aliphatic carbocycles. The summed E-state index contributed by atoms with van der Waals surface area (Å²) < 4.78 is 21.9. The van der Waals surface area contributed by atoms with E-state index >= 15 is 0 Å². The van der Waals surface area contributed by atoms with Crippen molar-refractivity contribution in [3.05, 3.63) is 75.8 Å². The van der Waals surface area contributed by atoms with Crippen molar-refractivity contribution in [2.24, 2.45) is 5.92 Å². The Morgan fingerprint density at radius 2 is 1.69 bits per heavy atom. The molecule has 9 heteroatoms. The van der Waals surface area contributed by atoms with Gasteiger partial charge in [-0.25, -0.2) is 9.78 Å². The molecule has 1 N–H and O–H groups in total. The standard InChI is InChI=1S/C30H34N2O6S/c1-7-37-27(33)24-18(3)32-30(4,26(28(34)38-8-2)25(24)19-12-10-9-11-13-19)29-31-21(17-39-29)20-14-15-22(35-5)23(16-20)36-6/h9-17,25-26,32H,7-8H2,1-6H3. The van der Waals surface area contributed by atoms with Gasteiger partial charge in [0.15, 0.2) is 11.5 Å². The maximum absolute atomic E-state index is 13.7. The van der Waals surface area contributed by atoms with Crippen LogP contribution in [0.2, 0.25) is 0 Å². The average molecular weight is 551 g/mol. The van der Waals surface area contributed by atoms with E-state index in [1.54, 1.807) is 28.1 Å². The van der Waals surface area contributed by atoms with Gasteiger partial charge >= 0.3 is 11.9 Å². The van der Waals surface area contributed by atoms with Gasteiger partial charge in [-0.05, 0) is 51.5 Å². The number of nitrogens with zero attached hydrogens (tertiary/aromatic N) is 1. The van der Waals surface area contributed by atoms with E-state index in [1.165, 1.54) is 11.3 Å². The van der Waals surface area contributed by atoms with Gasteiger partial charge in [0.2, 0.25) is 0 Å². The van der Waals surface area contributed by atoms with Crippen LogP contribution in [0, 0.1) is 5.92 Å². The molecule has 4 rings (SSSR count). The first-order chi connectivity index (χ1) is 18.8. The molecule has 0 radical (unpaired) electrons. The predicted octanol–water partition coefficient (Wildman–Crippen LogP) is 5.45. The molecule has 0 spiro atoms. The first-order valence-corrected chi connectivity index (χ1v) is 13.7. The van der Waals surface area contributed by atoms with Crippen molar-refractivity contribution < 1.29 is 28.5 Å². The first kappa shape index (κ1) is 28.2. The molecule has 0 saturated heterocycles. The van der Waals surface area contributed by atoms with Crippen LogP contribution in [-0.2, 0) is 24.6 Å². The van der Waals surface area contributed by atoms with Gasteiger partial charge in [0, 0.05) is 22.6 Å². The van der Waals surface area contributed by atoms with E-state index in [0.717, 1.165) is 16.8 Å². The molecule has 2 aromatic carbocycles. The lowest BCUT2D eigenvalue weighted by Crippen LogP contribution is -2.55. The van der Waals surface area contributed by atoms with E-state index < -0.39 is 29.3 Å². The van der Waals surface area contributed by atoms with Gasteiger partial charge in [0.25, 0.3) is 0 Å². The zero-order valence-corrected chi connectivity index (χ0v) is 23.9. The minimum atomic E-state index is -0.980. The van der Waals surface area contributed by atoms with Crippen molar-refractivity contribution in [2.75, 3.05) is 27.4 Å². The van der Waals surface area contributed by atoms with E-state index in [9.17, 15) is 9.59 Å². The molecule has 0 bridgehead atoms. The Morgan fingerprint density at radius 1 is 1.00 bits per heavy atom. The van der Waals surface area contributed by atoms with Crippen LogP contribution in [0.1, 0.15) is 44.2 Å². The zero-order chi connectivity index (χ0) is 28.2. The van der Waals surface area contributed by atoms with Crippen LogP contribution in [0.3, 0.4) is 0 Å². The molecule has 8 nitrogen and oxygen atoms in total. The average Bonchev–Trinajstić information content (AvgIpc) is 3.44. The van der Waals surface area contributed by atoms with Crippen LogP contribution in [0.15, 0.2) is 65.2 Å². The molecule has 39 heavy (non-hydrogen) atoms. The minimum Gasteiger partial charge on any atom is -0.493 e. The summed E-state index contributed by atoms with van der Waals surface area (Å²) in [5, 5.41) is 6.11. The Labute approximate surface area is 233 Å². The van der Waals surface area contributed by atoms with Crippen LogP contribution < -0.4 is 14.8 Å². The monoisotopic (exact) mass is 550 g/mol. The summed E-state index contributed by atoms with van der Waals surface area (Å²) in [5.41, 5.74) is 2.47. The fourth-order valence-electron chi connectivity index (χ4n) is 5.21. The summed E-state index contributed by atoms with van der Waals surface area (Å²) in [5.74, 6) is -1.07. The molecule has 0 saturated carbocycles.